The molecule has 7 heteroatoms. The average molecular weight is 270 g/mol. The largest absolute Gasteiger partial charge is 0.481 e. The molecule has 1 aromatic rings. The van der Waals surface area contributed by atoms with Crippen LogP contribution in [0.3, 0.4) is 0 Å². The average Bonchev–Trinajstić information content (AvgIpc) is 2.26. The molecule has 2 rings (SSSR count). The van der Waals surface area contributed by atoms with Crippen LogP contribution in [0, 0.1) is 5.92 Å². The molecular formula is C11H14N2O4S. The summed E-state index contributed by atoms with van der Waals surface area (Å²) in [6.45, 7) is 0. The first-order chi connectivity index (χ1) is 8.35. The Kier molecular flexibility index (Phi) is 3.34. The van der Waals surface area contributed by atoms with Crippen LogP contribution in [0.1, 0.15) is 23.5 Å². The molecule has 0 saturated heterocycles. The minimum Gasteiger partial charge on any atom is -0.481 e. The standard InChI is InChI=1S/C11H14N2O4S/c1-18(16,17)6-10-12-5-8-4-7(11(14)15)2-3-9(8)13-10/h5,7H,2-4,6H2,1H3,(H,14,15). The molecule has 0 bridgehead atoms. The Hall–Kier alpha value is -1.50. The van der Waals surface area contributed by atoms with Crippen molar-refractivity contribution < 1.29 is 18.3 Å². The van der Waals surface area contributed by atoms with Crippen molar-refractivity contribution >= 4 is 15.8 Å². The van der Waals surface area contributed by atoms with Gasteiger partial charge in [-0.3, -0.25) is 4.79 Å². The molecule has 0 fully saturated rings. The maximum Gasteiger partial charge on any atom is 0.306 e. The van der Waals surface area contributed by atoms with Gasteiger partial charge in [0.2, 0.25) is 0 Å². The van der Waals surface area contributed by atoms with E-state index in [-0.39, 0.29) is 17.5 Å². The zero-order chi connectivity index (χ0) is 13.3. The van der Waals surface area contributed by atoms with Crippen LogP contribution < -0.4 is 0 Å². The predicted molar refractivity (Wildman–Crippen MR) is 63.7 cm³/mol. The molecule has 6 nitrogen and oxygen atoms in total. The molecule has 18 heavy (non-hydrogen) atoms. The molecular weight excluding hydrogens is 256 g/mol. The molecule has 0 saturated carbocycles. The van der Waals surface area contributed by atoms with E-state index in [1.807, 2.05) is 0 Å². The molecule has 98 valence electrons. The number of hydrogen-bond donors (Lipinski definition) is 1. The third-order valence-corrected chi connectivity index (χ3v) is 3.72. The van der Waals surface area contributed by atoms with E-state index in [0.29, 0.717) is 19.3 Å². The van der Waals surface area contributed by atoms with Gasteiger partial charge in [-0.05, 0) is 24.8 Å². The lowest BCUT2D eigenvalue weighted by atomic mass is 9.87. The zero-order valence-corrected chi connectivity index (χ0v) is 10.8. The van der Waals surface area contributed by atoms with E-state index in [9.17, 15) is 13.2 Å². The van der Waals surface area contributed by atoms with Crippen LogP contribution in [-0.4, -0.2) is 35.7 Å². The third-order valence-electron chi connectivity index (χ3n) is 2.94. The summed E-state index contributed by atoms with van der Waals surface area (Å²) < 4.78 is 22.3. The third kappa shape index (κ3) is 3.04. The van der Waals surface area contributed by atoms with Gasteiger partial charge in [0.05, 0.1) is 5.92 Å². The summed E-state index contributed by atoms with van der Waals surface area (Å²) in [5.41, 5.74) is 1.59. The molecule has 1 atom stereocenters. The van der Waals surface area contributed by atoms with Crippen molar-refractivity contribution in [2.45, 2.75) is 25.0 Å². The van der Waals surface area contributed by atoms with Gasteiger partial charge in [-0.25, -0.2) is 18.4 Å². The Morgan fingerprint density at radius 2 is 2.28 bits per heavy atom. The van der Waals surface area contributed by atoms with Crippen LogP contribution in [-0.2, 0) is 33.2 Å². The van der Waals surface area contributed by atoms with Crippen molar-refractivity contribution in [1.82, 2.24) is 9.97 Å². The van der Waals surface area contributed by atoms with Crippen LogP contribution in [0.25, 0.3) is 0 Å². The summed E-state index contributed by atoms with van der Waals surface area (Å²) in [5.74, 6) is -1.09. The number of carboxylic acid groups (broad SMARTS) is 1. The minimum absolute atomic E-state index is 0.178. The highest BCUT2D eigenvalue weighted by atomic mass is 32.2. The quantitative estimate of drug-likeness (QED) is 0.843. The van der Waals surface area contributed by atoms with Crippen LogP contribution in [0.4, 0.5) is 0 Å². The molecule has 1 aliphatic carbocycles. The van der Waals surface area contributed by atoms with E-state index >= 15 is 0 Å². The first-order valence-electron chi connectivity index (χ1n) is 5.59. The molecule has 1 N–H and O–H groups in total. The smallest absolute Gasteiger partial charge is 0.306 e. The van der Waals surface area contributed by atoms with Gasteiger partial charge in [0.25, 0.3) is 0 Å². The number of aromatic nitrogens is 2. The maximum atomic E-state index is 11.2. The van der Waals surface area contributed by atoms with E-state index in [4.69, 9.17) is 5.11 Å². The highest BCUT2D eigenvalue weighted by Gasteiger charge is 2.25. The Balaban J connectivity index is 2.22. The maximum absolute atomic E-state index is 11.2. The Labute approximate surface area is 105 Å². The molecule has 0 aliphatic heterocycles. The number of rotatable bonds is 3. The fraction of sp³-hybridized carbons (Fsp3) is 0.545. The normalized spacial score (nSPS) is 19.3. The van der Waals surface area contributed by atoms with Crippen molar-refractivity contribution in [3.05, 3.63) is 23.3 Å². The summed E-state index contributed by atoms with van der Waals surface area (Å²) in [5, 5.41) is 8.95. The fourth-order valence-corrected chi connectivity index (χ4v) is 2.67. The first kappa shape index (κ1) is 12.9. The second kappa shape index (κ2) is 4.64. The fourth-order valence-electron chi connectivity index (χ4n) is 2.06. The summed E-state index contributed by atoms with van der Waals surface area (Å²) in [6.07, 6.45) is 4.21. The molecule has 1 unspecified atom stereocenters. The number of aryl methyl sites for hydroxylation is 1. The number of fused-ring (bicyclic) bond motifs is 1. The van der Waals surface area contributed by atoms with Crippen molar-refractivity contribution in [2.24, 2.45) is 5.92 Å². The van der Waals surface area contributed by atoms with Gasteiger partial charge >= 0.3 is 5.97 Å². The van der Waals surface area contributed by atoms with Gasteiger partial charge in [-0.15, -0.1) is 0 Å². The van der Waals surface area contributed by atoms with E-state index in [1.165, 1.54) is 0 Å². The first-order valence-corrected chi connectivity index (χ1v) is 7.65. The molecule has 1 aromatic heterocycles. The van der Waals surface area contributed by atoms with E-state index in [2.05, 4.69) is 9.97 Å². The van der Waals surface area contributed by atoms with Gasteiger partial charge < -0.3 is 5.11 Å². The van der Waals surface area contributed by atoms with Crippen LogP contribution >= 0.6 is 0 Å². The van der Waals surface area contributed by atoms with Crippen molar-refractivity contribution in [3.8, 4) is 0 Å². The summed E-state index contributed by atoms with van der Waals surface area (Å²) in [4.78, 5) is 19.1. The Morgan fingerprint density at radius 1 is 1.56 bits per heavy atom. The monoisotopic (exact) mass is 270 g/mol. The van der Waals surface area contributed by atoms with E-state index < -0.39 is 15.8 Å². The summed E-state index contributed by atoms with van der Waals surface area (Å²) in [6, 6.07) is 0. The van der Waals surface area contributed by atoms with Crippen molar-refractivity contribution in [2.75, 3.05) is 6.26 Å². The van der Waals surface area contributed by atoms with E-state index in [1.54, 1.807) is 6.20 Å². The molecule has 0 radical (unpaired) electrons. The Morgan fingerprint density at radius 3 is 2.89 bits per heavy atom. The second-order valence-electron chi connectivity index (χ2n) is 4.61. The number of carboxylic acids is 1. The highest BCUT2D eigenvalue weighted by Crippen LogP contribution is 2.24. The van der Waals surface area contributed by atoms with Crippen LogP contribution in [0.5, 0.6) is 0 Å². The summed E-state index contributed by atoms with van der Waals surface area (Å²) >= 11 is 0. The number of hydrogen-bond acceptors (Lipinski definition) is 5. The van der Waals surface area contributed by atoms with Crippen molar-refractivity contribution in [1.29, 1.82) is 0 Å². The second-order valence-corrected chi connectivity index (χ2v) is 6.75. The van der Waals surface area contributed by atoms with Crippen LogP contribution in [0.2, 0.25) is 0 Å². The topological polar surface area (TPSA) is 97.2 Å². The highest BCUT2D eigenvalue weighted by molar-refractivity contribution is 7.89. The zero-order valence-electron chi connectivity index (χ0n) is 9.96. The van der Waals surface area contributed by atoms with Crippen LogP contribution in [0.15, 0.2) is 6.20 Å². The van der Waals surface area contributed by atoms with Gasteiger partial charge in [-0.2, -0.15) is 0 Å². The molecule has 0 amide bonds. The number of sulfone groups is 1. The van der Waals surface area contributed by atoms with E-state index in [0.717, 1.165) is 17.5 Å². The van der Waals surface area contributed by atoms with Gasteiger partial charge in [0, 0.05) is 18.1 Å². The van der Waals surface area contributed by atoms with Gasteiger partial charge in [0.15, 0.2) is 9.84 Å². The van der Waals surface area contributed by atoms with Gasteiger partial charge in [-0.1, -0.05) is 0 Å². The molecule has 0 spiro atoms. The number of carbonyl (C=O) groups is 1. The molecule has 1 heterocycles. The lowest BCUT2D eigenvalue weighted by Crippen LogP contribution is -2.23. The Bertz CT molecular complexity index is 583. The lowest BCUT2D eigenvalue weighted by Gasteiger charge is -2.20. The molecule has 0 aromatic carbocycles. The number of aliphatic carboxylic acids is 1. The predicted octanol–water partition coefficient (Wildman–Crippen LogP) is 0.211. The number of nitrogens with zero attached hydrogens (tertiary/aromatic N) is 2. The summed E-state index contributed by atoms with van der Waals surface area (Å²) in [7, 11) is -3.15. The lowest BCUT2D eigenvalue weighted by molar-refractivity contribution is -0.142. The van der Waals surface area contributed by atoms with Crippen molar-refractivity contribution in [3.63, 3.8) is 0 Å². The molecule has 1 aliphatic rings. The van der Waals surface area contributed by atoms with Gasteiger partial charge in [0.1, 0.15) is 11.6 Å². The SMILES string of the molecule is CS(=O)(=O)Cc1ncc2c(n1)CCC(C(=O)O)C2. The minimum atomic E-state index is -3.15.